The number of carbonyl (C=O) groups excluding carboxylic acids is 1. The second kappa shape index (κ2) is 7.96. The number of carbonyl (C=O) groups is 1. The molecule has 0 saturated heterocycles. The summed E-state index contributed by atoms with van der Waals surface area (Å²) in [5.74, 6) is 1.21. The van der Waals surface area contributed by atoms with Crippen LogP contribution in [-0.4, -0.2) is 21.0 Å². The molecule has 0 aliphatic carbocycles. The topological polar surface area (TPSA) is 80.9 Å². The molecule has 8 heteroatoms. The van der Waals surface area contributed by atoms with Crippen molar-refractivity contribution in [2.45, 2.75) is 38.5 Å². The smallest absolute Gasteiger partial charge is 0.260 e. The van der Waals surface area contributed by atoms with Crippen molar-refractivity contribution in [3.8, 4) is 0 Å². The second-order valence-corrected chi connectivity index (χ2v) is 8.76. The number of fused-ring (bicyclic) bond motifs is 1. The van der Waals surface area contributed by atoms with Crippen LogP contribution in [0.15, 0.2) is 40.0 Å². The fourth-order valence-corrected chi connectivity index (χ4v) is 5.16. The number of thiazole rings is 1. The van der Waals surface area contributed by atoms with Gasteiger partial charge in [-0.1, -0.05) is 28.6 Å². The largest absolute Gasteiger partial charge is 0.361 e. The zero-order valence-electron chi connectivity index (χ0n) is 16.6. The highest BCUT2D eigenvalue weighted by Gasteiger charge is 2.17. The molecule has 0 fully saturated rings. The van der Waals surface area contributed by atoms with Gasteiger partial charge in [0.25, 0.3) is 5.91 Å². The number of hydrogen-bond acceptors (Lipinski definition) is 7. The van der Waals surface area contributed by atoms with E-state index in [-0.39, 0.29) is 5.91 Å². The summed E-state index contributed by atoms with van der Waals surface area (Å²) in [5, 5.41) is 8.18. The van der Waals surface area contributed by atoms with E-state index in [1.54, 1.807) is 18.3 Å². The van der Waals surface area contributed by atoms with Crippen molar-refractivity contribution in [2.24, 2.45) is 0 Å². The van der Waals surface area contributed by atoms with E-state index in [0.29, 0.717) is 21.5 Å². The first-order valence-corrected chi connectivity index (χ1v) is 10.9. The lowest BCUT2D eigenvalue weighted by Gasteiger charge is -2.07. The fourth-order valence-electron chi connectivity index (χ4n) is 3.00. The van der Waals surface area contributed by atoms with Gasteiger partial charge in [0.05, 0.1) is 21.5 Å². The van der Waals surface area contributed by atoms with E-state index in [4.69, 9.17) is 4.52 Å². The van der Waals surface area contributed by atoms with E-state index >= 15 is 0 Å². The summed E-state index contributed by atoms with van der Waals surface area (Å²) < 4.78 is 6.32. The lowest BCUT2D eigenvalue weighted by atomic mass is 10.1. The summed E-state index contributed by atoms with van der Waals surface area (Å²) in [5.41, 5.74) is 5.60. The van der Waals surface area contributed by atoms with Crippen molar-refractivity contribution in [3.63, 3.8) is 0 Å². The Morgan fingerprint density at radius 1 is 1.17 bits per heavy atom. The van der Waals surface area contributed by atoms with Crippen molar-refractivity contribution in [1.29, 1.82) is 0 Å². The molecule has 1 aromatic carbocycles. The molecule has 0 atom stereocenters. The number of pyridine rings is 1. The third-order valence-corrected chi connectivity index (χ3v) is 6.85. The normalized spacial score (nSPS) is 11.2. The minimum absolute atomic E-state index is 0.214. The van der Waals surface area contributed by atoms with Crippen molar-refractivity contribution in [3.05, 3.63) is 64.2 Å². The Morgan fingerprint density at radius 2 is 1.97 bits per heavy atom. The molecule has 29 heavy (non-hydrogen) atoms. The molecule has 4 rings (SSSR count). The number of thioether (sulfide) groups is 1. The summed E-state index contributed by atoms with van der Waals surface area (Å²) >= 11 is 2.98. The van der Waals surface area contributed by atoms with Crippen LogP contribution in [0.25, 0.3) is 10.2 Å². The molecule has 4 aromatic rings. The molecular weight excluding hydrogens is 404 g/mol. The standard InChI is InChI=1S/C21H20N4O2S2/c1-11-7-8-12(2)18-17(11)23-21(29-18)24-19(26)15-6-5-9-22-20(15)28-10-16-13(3)25-27-14(16)4/h5-9H,10H2,1-4H3,(H,23,24,26). The van der Waals surface area contributed by atoms with Crippen LogP contribution in [0.2, 0.25) is 0 Å². The number of aromatic nitrogens is 3. The van der Waals surface area contributed by atoms with Gasteiger partial charge >= 0.3 is 0 Å². The molecule has 6 nitrogen and oxygen atoms in total. The zero-order chi connectivity index (χ0) is 20.5. The van der Waals surface area contributed by atoms with E-state index in [9.17, 15) is 4.79 Å². The number of aryl methyl sites for hydroxylation is 4. The van der Waals surface area contributed by atoms with E-state index in [1.165, 1.54) is 23.1 Å². The van der Waals surface area contributed by atoms with Crippen LogP contribution in [-0.2, 0) is 5.75 Å². The summed E-state index contributed by atoms with van der Waals surface area (Å²) in [4.78, 5) is 22.0. The van der Waals surface area contributed by atoms with Crippen LogP contribution in [0.1, 0.15) is 38.5 Å². The number of amides is 1. The lowest BCUT2D eigenvalue weighted by molar-refractivity contribution is 0.102. The van der Waals surface area contributed by atoms with Crippen LogP contribution in [0.4, 0.5) is 5.13 Å². The molecule has 3 aromatic heterocycles. The van der Waals surface area contributed by atoms with E-state index < -0.39 is 0 Å². The Kier molecular flexibility index (Phi) is 5.38. The molecule has 148 valence electrons. The maximum Gasteiger partial charge on any atom is 0.260 e. The Bertz CT molecular complexity index is 1150. The van der Waals surface area contributed by atoms with Gasteiger partial charge in [0, 0.05) is 17.5 Å². The molecule has 0 unspecified atom stereocenters. The molecule has 0 radical (unpaired) electrons. The predicted octanol–water partition coefficient (Wildman–Crippen LogP) is 5.46. The molecule has 3 heterocycles. The highest BCUT2D eigenvalue weighted by Crippen LogP contribution is 2.32. The minimum atomic E-state index is -0.214. The molecule has 1 N–H and O–H groups in total. The minimum Gasteiger partial charge on any atom is -0.361 e. The van der Waals surface area contributed by atoms with Gasteiger partial charge in [-0.25, -0.2) is 9.97 Å². The van der Waals surface area contributed by atoms with Gasteiger partial charge in [0.1, 0.15) is 10.8 Å². The van der Waals surface area contributed by atoms with Crippen molar-refractivity contribution < 1.29 is 9.32 Å². The maximum absolute atomic E-state index is 12.9. The third kappa shape index (κ3) is 3.90. The zero-order valence-corrected chi connectivity index (χ0v) is 18.2. The van der Waals surface area contributed by atoms with Crippen LogP contribution >= 0.6 is 23.1 Å². The molecule has 0 saturated carbocycles. The number of rotatable bonds is 5. The van der Waals surface area contributed by atoms with E-state index in [1.807, 2.05) is 26.8 Å². The summed E-state index contributed by atoms with van der Waals surface area (Å²) in [6, 6.07) is 7.67. The number of nitrogens with one attached hydrogen (secondary N) is 1. The summed E-state index contributed by atoms with van der Waals surface area (Å²) in [6.07, 6.45) is 1.69. The van der Waals surface area contributed by atoms with E-state index in [2.05, 4.69) is 33.4 Å². The summed E-state index contributed by atoms with van der Waals surface area (Å²) in [7, 11) is 0. The maximum atomic E-state index is 12.9. The second-order valence-electron chi connectivity index (χ2n) is 6.80. The first-order valence-electron chi connectivity index (χ1n) is 9.11. The number of hydrogen-bond donors (Lipinski definition) is 1. The Morgan fingerprint density at radius 3 is 2.69 bits per heavy atom. The third-order valence-electron chi connectivity index (χ3n) is 4.71. The molecule has 0 spiro atoms. The first-order chi connectivity index (χ1) is 13.9. The first kappa shape index (κ1) is 19.6. The van der Waals surface area contributed by atoms with Gasteiger partial charge in [0.2, 0.25) is 0 Å². The average molecular weight is 425 g/mol. The molecule has 1 amide bonds. The molecule has 0 aliphatic rings. The van der Waals surface area contributed by atoms with Gasteiger partial charge in [-0.2, -0.15) is 0 Å². The van der Waals surface area contributed by atoms with Gasteiger partial charge in [-0.15, -0.1) is 11.8 Å². The number of anilines is 1. The van der Waals surface area contributed by atoms with Crippen LogP contribution < -0.4 is 5.32 Å². The molecule has 0 aliphatic heterocycles. The van der Waals surface area contributed by atoms with Gasteiger partial charge in [-0.3, -0.25) is 10.1 Å². The highest BCUT2D eigenvalue weighted by molar-refractivity contribution is 7.98. The van der Waals surface area contributed by atoms with Crippen molar-refractivity contribution >= 4 is 44.4 Å². The Balaban J connectivity index is 1.57. The van der Waals surface area contributed by atoms with Crippen molar-refractivity contribution in [2.75, 3.05) is 5.32 Å². The van der Waals surface area contributed by atoms with Gasteiger partial charge < -0.3 is 4.52 Å². The van der Waals surface area contributed by atoms with Gasteiger partial charge in [0.15, 0.2) is 5.13 Å². The fraction of sp³-hybridized carbons (Fsp3) is 0.238. The highest BCUT2D eigenvalue weighted by atomic mass is 32.2. The average Bonchev–Trinajstić information content (AvgIpc) is 3.27. The quantitative estimate of drug-likeness (QED) is 0.429. The predicted molar refractivity (Wildman–Crippen MR) is 117 cm³/mol. The molecular formula is C21H20N4O2S2. The van der Waals surface area contributed by atoms with Crippen LogP contribution in [0.3, 0.4) is 0 Å². The van der Waals surface area contributed by atoms with E-state index in [0.717, 1.165) is 38.4 Å². The summed E-state index contributed by atoms with van der Waals surface area (Å²) in [6.45, 7) is 7.88. The Hall–Kier alpha value is -2.71. The van der Waals surface area contributed by atoms with Crippen LogP contribution in [0, 0.1) is 27.7 Å². The van der Waals surface area contributed by atoms with Crippen molar-refractivity contribution in [1.82, 2.24) is 15.1 Å². The monoisotopic (exact) mass is 424 g/mol. The number of nitrogens with zero attached hydrogens (tertiary/aromatic N) is 3. The Labute approximate surface area is 176 Å². The SMILES string of the molecule is Cc1noc(C)c1CSc1ncccc1C(=O)Nc1nc2c(C)ccc(C)c2s1. The number of benzene rings is 1. The van der Waals surface area contributed by atoms with Gasteiger partial charge in [-0.05, 0) is 51.0 Å². The lowest BCUT2D eigenvalue weighted by Crippen LogP contribution is -2.13. The van der Waals surface area contributed by atoms with Crippen LogP contribution in [0.5, 0.6) is 0 Å². The molecule has 0 bridgehead atoms.